The number of halogens is 1. The Balaban J connectivity index is 2.03. The van der Waals surface area contributed by atoms with Crippen molar-refractivity contribution in [1.82, 2.24) is 10.1 Å². The van der Waals surface area contributed by atoms with Crippen LogP contribution in [-0.4, -0.2) is 33.9 Å². The lowest BCUT2D eigenvalue weighted by Crippen LogP contribution is -2.43. The van der Waals surface area contributed by atoms with E-state index in [1.54, 1.807) is 6.07 Å². The zero-order chi connectivity index (χ0) is 10.8. The number of amides is 1. The molecule has 0 spiro atoms. The van der Waals surface area contributed by atoms with Gasteiger partial charge in [0.15, 0.2) is 5.69 Å². The predicted octanol–water partition coefficient (Wildman–Crippen LogP) is 1.92. The number of hydrogen-bond donors (Lipinski definition) is 0. The number of carbonyl (C=O) groups is 1. The number of nitrogens with zero attached hydrogens (tertiary/aromatic N) is 2. The van der Waals surface area contributed by atoms with Gasteiger partial charge in [0.25, 0.3) is 5.91 Å². The second kappa shape index (κ2) is 4.35. The molecule has 2 atom stereocenters. The van der Waals surface area contributed by atoms with Crippen LogP contribution in [0.4, 0.5) is 0 Å². The van der Waals surface area contributed by atoms with E-state index >= 15 is 0 Å². The van der Waals surface area contributed by atoms with Gasteiger partial charge < -0.3 is 9.42 Å². The second-order valence-electron chi connectivity index (χ2n) is 3.92. The van der Waals surface area contributed by atoms with Crippen LogP contribution in [-0.2, 0) is 0 Å². The first-order chi connectivity index (χ1) is 7.18. The molecule has 1 aliphatic rings. The molecule has 0 saturated carbocycles. The van der Waals surface area contributed by atoms with E-state index in [0.717, 1.165) is 19.5 Å². The first kappa shape index (κ1) is 10.7. The van der Waals surface area contributed by atoms with Crippen molar-refractivity contribution in [2.75, 3.05) is 13.1 Å². The zero-order valence-electron chi connectivity index (χ0n) is 8.52. The summed E-state index contributed by atoms with van der Waals surface area (Å²) in [5.41, 5.74) is 0.393. The number of carbonyl (C=O) groups excluding carboxylic acids is 1. The highest BCUT2D eigenvalue weighted by molar-refractivity contribution is 9.09. The first-order valence-corrected chi connectivity index (χ1v) is 5.94. The third-order valence-electron chi connectivity index (χ3n) is 2.81. The Morgan fingerprint density at radius 1 is 1.73 bits per heavy atom. The van der Waals surface area contributed by atoms with Crippen molar-refractivity contribution >= 4 is 21.8 Å². The van der Waals surface area contributed by atoms with Crippen LogP contribution in [0, 0.1) is 5.92 Å². The van der Waals surface area contributed by atoms with E-state index in [1.807, 2.05) is 4.90 Å². The molecule has 1 aromatic heterocycles. The van der Waals surface area contributed by atoms with E-state index in [9.17, 15) is 4.79 Å². The minimum Gasteiger partial charge on any atom is -0.364 e. The second-order valence-corrected chi connectivity index (χ2v) is 5.09. The largest absolute Gasteiger partial charge is 0.364 e. The van der Waals surface area contributed by atoms with E-state index in [0.29, 0.717) is 16.4 Å². The van der Waals surface area contributed by atoms with Crippen molar-refractivity contribution < 1.29 is 9.32 Å². The fourth-order valence-corrected chi connectivity index (χ4v) is 2.31. The molecule has 1 fully saturated rings. The summed E-state index contributed by atoms with van der Waals surface area (Å²) in [6.07, 6.45) is 2.45. The van der Waals surface area contributed by atoms with Crippen LogP contribution < -0.4 is 0 Å². The molecule has 0 aliphatic carbocycles. The minimum atomic E-state index is -0.0416. The maximum atomic E-state index is 11.9. The predicted molar refractivity (Wildman–Crippen MR) is 58.9 cm³/mol. The van der Waals surface area contributed by atoms with Gasteiger partial charge in [0.05, 0.1) is 0 Å². The molecule has 4 nitrogen and oxygen atoms in total. The van der Waals surface area contributed by atoms with Crippen LogP contribution in [0.1, 0.15) is 23.8 Å². The number of likely N-dealkylation sites (tertiary alicyclic amines) is 1. The van der Waals surface area contributed by atoms with E-state index in [1.165, 1.54) is 6.26 Å². The molecule has 1 saturated heterocycles. The summed E-state index contributed by atoms with van der Waals surface area (Å²) < 4.78 is 4.67. The van der Waals surface area contributed by atoms with Crippen molar-refractivity contribution in [3.8, 4) is 0 Å². The summed E-state index contributed by atoms with van der Waals surface area (Å²) in [7, 11) is 0. The van der Waals surface area contributed by atoms with E-state index < -0.39 is 0 Å². The van der Waals surface area contributed by atoms with E-state index in [-0.39, 0.29) is 5.91 Å². The smallest absolute Gasteiger partial charge is 0.276 e. The minimum absolute atomic E-state index is 0.0416. The number of hydrogen-bond acceptors (Lipinski definition) is 3. The van der Waals surface area contributed by atoms with Crippen LogP contribution in [0.3, 0.4) is 0 Å². The highest BCUT2D eigenvalue weighted by Gasteiger charge is 2.28. The standard InChI is InChI=1S/C10H13BrN2O2/c1-7-2-4-13(6-8(7)11)10(14)9-3-5-15-12-9/h3,5,7-8H,2,4,6H2,1H3. The van der Waals surface area contributed by atoms with E-state index in [4.69, 9.17) is 0 Å². The Labute approximate surface area is 96.7 Å². The number of alkyl halides is 1. The molecule has 1 aliphatic heterocycles. The Morgan fingerprint density at radius 2 is 2.53 bits per heavy atom. The molecule has 82 valence electrons. The monoisotopic (exact) mass is 272 g/mol. The average molecular weight is 273 g/mol. The van der Waals surface area contributed by atoms with Crippen molar-refractivity contribution in [3.63, 3.8) is 0 Å². The van der Waals surface area contributed by atoms with Crippen LogP contribution in [0.25, 0.3) is 0 Å². The van der Waals surface area contributed by atoms with Crippen LogP contribution in [0.15, 0.2) is 16.9 Å². The zero-order valence-corrected chi connectivity index (χ0v) is 10.1. The summed E-state index contributed by atoms with van der Waals surface area (Å²) in [5, 5.41) is 3.65. The maximum Gasteiger partial charge on any atom is 0.276 e. The van der Waals surface area contributed by atoms with Gasteiger partial charge in [0.1, 0.15) is 6.26 Å². The lowest BCUT2D eigenvalue weighted by molar-refractivity contribution is 0.0695. The van der Waals surface area contributed by atoms with Crippen molar-refractivity contribution in [3.05, 3.63) is 18.0 Å². The molecular formula is C10H13BrN2O2. The molecular weight excluding hydrogens is 260 g/mol. The molecule has 1 aromatic rings. The molecule has 5 heteroatoms. The van der Waals surface area contributed by atoms with Gasteiger partial charge in [-0.2, -0.15) is 0 Å². The molecule has 0 bridgehead atoms. The Kier molecular flexibility index (Phi) is 3.09. The highest BCUT2D eigenvalue weighted by atomic mass is 79.9. The molecule has 2 unspecified atom stereocenters. The topological polar surface area (TPSA) is 46.3 Å². The summed E-state index contributed by atoms with van der Waals surface area (Å²) in [5.74, 6) is 0.575. The van der Waals surface area contributed by atoms with Gasteiger partial charge in [-0.05, 0) is 12.3 Å². The van der Waals surface area contributed by atoms with Crippen LogP contribution in [0.2, 0.25) is 0 Å². The normalized spacial score (nSPS) is 26.7. The lowest BCUT2D eigenvalue weighted by Gasteiger charge is -2.33. The molecule has 0 N–H and O–H groups in total. The fourth-order valence-electron chi connectivity index (χ4n) is 1.69. The molecule has 2 heterocycles. The summed E-state index contributed by atoms with van der Waals surface area (Å²) in [6.45, 7) is 3.74. The molecule has 0 aromatic carbocycles. The van der Waals surface area contributed by atoms with Crippen LogP contribution in [0.5, 0.6) is 0 Å². The van der Waals surface area contributed by atoms with Gasteiger partial charge in [-0.1, -0.05) is 28.0 Å². The third kappa shape index (κ3) is 2.22. The van der Waals surface area contributed by atoms with Crippen molar-refractivity contribution in [1.29, 1.82) is 0 Å². The maximum absolute atomic E-state index is 11.9. The van der Waals surface area contributed by atoms with Crippen LogP contribution >= 0.6 is 15.9 Å². The lowest BCUT2D eigenvalue weighted by atomic mass is 9.99. The van der Waals surface area contributed by atoms with Gasteiger partial charge in [0.2, 0.25) is 0 Å². The summed E-state index contributed by atoms with van der Waals surface area (Å²) in [6, 6.07) is 1.60. The van der Waals surface area contributed by atoms with Gasteiger partial charge >= 0.3 is 0 Å². The first-order valence-electron chi connectivity index (χ1n) is 5.02. The summed E-state index contributed by atoms with van der Waals surface area (Å²) in [4.78, 5) is 14.1. The SMILES string of the molecule is CC1CCN(C(=O)c2ccon2)CC1Br. The number of piperidine rings is 1. The van der Waals surface area contributed by atoms with Gasteiger partial charge in [-0.15, -0.1) is 0 Å². The van der Waals surface area contributed by atoms with Crippen molar-refractivity contribution in [2.24, 2.45) is 5.92 Å². The molecule has 1 amide bonds. The average Bonchev–Trinajstić information content (AvgIpc) is 2.74. The molecule has 2 rings (SSSR count). The number of aromatic nitrogens is 1. The fraction of sp³-hybridized carbons (Fsp3) is 0.600. The molecule has 15 heavy (non-hydrogen) atoms. The van der Waals surface area contributed by atoms with Gasteiger partial charge in [-0.25, -0.2) is 0 Å². The highest BCUT2D eigenvalue weighted by Crippen LogP contribution is 2.24. The van der Waals surface area contributed by atoms with E-state index in [2.05, 4.69) is 32.5 Å². The Morgan fingerprint density at radius 3 is 3.13 bits per heavy atom. The van der Waals surface area contributed by atoms with Gasteiger partial charge in [0, 0.05) is 24.0 Å². The quantitative estimate of drug-likeness (QED) is 0.734. The Hall–Kier alpha value is -0.840. The number of rotatable bonds is 1. The third-order valence-corrected chi connectivity index (χ3v) is 4.00. The van der Waals surface area contributed by atoms with Crippen molar-refractivity contribution in [2.45, 2.75) is 18.2 Å². The summed E-state index contributed by atoms with van der Waals surface area (Å²) >= 11 is 3.59. The Bertz CT molecular complexity index is 339. The van der Waals surface area contributed by atoms with Gasteiger partial charge in [-0.3, -0.25) is 4.79 Å². The molecule has 0 radical (unpaired) electrons.